The van der Waals surface area contributed by atoms with Gasteiger partial charge in [-0.05, 0) is 23.8 Å². The molecule has 0 aliphatic rings. The van der Waals surface area contributed by atoms with E-state index in [9.17, 15) is 14.5 Å². The molecular formula is C13H8Cl3FN2O2. The summed E-state index contributed by atoms with van der Waals surface area (Å²) in [5, 5.41) is 14.6. The van der Waals surface area contributed by atoms with Gasteiger partial charge in [-0.15, -0.1) is 0 Å². The van der Waals surface area contributed by atoms with Crippen LogP contribution in [0.2, 0.25) is 15.1 Å². The molecule has 2 rings (SSSR count). The molecule has 21 heavy (non-hydrogen) atoms. The second-order valence-corrected chi connectivity index (χ2v) is 5.40. The summed E-state index contributed by atoms with van der Waals surface area (Å²) in [6, 6.07) is 6.34. The van der Waals surface area contributed by atoms with Crippen molar-refractivity contribution in [3.8, 4) is 0 Å². The number of nitrogens with one attached hydrogen (secondary N) is 1. The highest BCUT2D eigenvalue weighted by atomic mass is 35.5. The van der Waals surface area contributed by atoms with Crippen LogP contribution in [0, 0.1) is 15.9 Å². The molecule has 0 atom stereocenters. The van der Waals surface area contributed by atoms with Gasteiger partial charge in [0.1, 0.15) is 5.82 Å². The van der Waals surface area contributed by atoms with Gasteiger partial charge in [0.2, 0.25) is 0 Å². The van der Waals surface area contributed by atoms with Crippen molar-refractivity contribution in [1.82, 2.24) is 0 Å². The van der Waals surface area contributed by atoms with Crippen molar-refractivity contribution in [3.63, 3.8) is 0 Å². The second kappa shape index (κ2) is 6.47. The molecule has 0 fully saturated rings. The quantitative estimate of drug-likeness (QED) is 0.462. The third-order valence-corrected chi connectivity index (χ3v) is 3.68. The maximum absolute atomic E-state index is 13.3. The lowest BCUT2D eigenvalue weighted by Gasteiger charge is -2.10. The molecule has 0 saturated carbocycles. The summed E-state index contributed by atoms with van der Waals surface area (Å²) in [4.78, 5) is 10.0. The first-order valence-electron chi connectivity index (χ1n) is 5.69. The van der Waals surface area contributed by atoms with Crippen LogP contribution in [0.3, 0.4) is 0 Å². The standard InChI is InChI=1S/C13H8Cl3FN2O2/c14-10-4-12(16)13(5-11(10)15)18-6-7-1-8(17)3-9(2-7)19(20)21/h1-5,18H,6H2. The van der Waals surface area contributed by atoms with Gasteiger partial charge in [-0.25, -0.2) is 4.39 Å². The van der Waals surface area contributed by atoms with Crippen LogP contribution in [-0.2, 0) is 6.54 Å². The first kappa shape index (κ1) is 15.8. The minimum atomic E-state index is -0.679. The van der Waals surface area contributed by atoms with Gasteiger partial charge in [0, 0.05) is 12.6 Å². The SMILES string of the molecule is O=[N+]([O-])c1cc(F)cc(CNc2cc(Cl)c(Cl)cc2Cl)c1. The highest BCUT2D eigenvalue weighted by molar-refractivity contribution is 6.44. The Kier molecular flexibility index (Phi) is 4.88. The predicted octanol–water partition coefficient (Wildman–Crippen LogP) is 5.31. The molecule has 0 aromatic heterocycles. The van der Waals surface area contributed by atoms with E-state index in [0.29, 0.717) is 26.3 Å². The van der Waals surface area contributed by atoms with E-state index in [1.807, 2.05) is 0 Å². The average Bonchev–Trinajstić information content (AvgIpc) is 2.40. The largest absolute Gasteiger partial charge is 0.380 e. The van der Waals surface area contributed by atoms with Gasteiger partial charge in [0.15, 0.2) is 0 Å². The van der Waals surface area contributed by atoms with Gasteiger partial charge >= 0.3 is 0 Å². The Morgan fingerprint density at radius 3 is 2.38 bits per heavy atom. The van der Waals surface area contributed by atoms with Crippen LogP contribution >= 0.6 is 34.8 Å². The van der Waals surface area contributed by atoms with E-state index in [1.165, 1.54) is 24.3 Å². The lowest BCUT2D eigenvalue weighted by Crippen LogP contribution is -2.02. The summed E-state index contributed by atoms with van der Waals surface area (Å²) >= 11 is 17.7. The van der Waals surface area contributed by atoms with E-state index in [2.05, 4.69) is 5.32 Å². The molecule has 1 N–H and O–H groups in total. The number of benzene rings is 2. The van der Waals surface area contributed by atoms with Gasteiger partial charge in [-0.1, -0.05) is 34.8 Å². The summed E-state index contributed by atoms with van der Waals surface area (Å²) in [5.41, 5.74) is 0.592. The first-order valence-corrected chi connectivity index (χ1v) is 6.82. The third kappa shape index (κ3) is 3.97. The van der Waals surface area contributed by atoms with E-state index in [-0.39, 0.29) is 12.2 Å². The Bertz CT molecular complexity index is 710. The number of hydrogen-bond acceptors (Lipinski definition) is 3. The Labute approximate surface area is 134 Å². The number of non-ortho nitro benzene ring substituents is 1. The molecule has 4 nitrogen and oxygen atoms in total. The topological polar surface area (TPSA) is 55.2 Å². The van der Waals surface area contributed by atoms with Gasteiger partial charge in [0.25, 0.3) is 5.69 Å². The Balaban J connectivity index is 2.20. The van der Waals surface area contributed by atoms with Gasteiger partial charge in [-0.2, -0.15) is 0 Å². The molecule has 0 spiro atoms. The van der Waals surface area contributed by atoms with Crippen molar-refractivity contribution in [2.24, 2.45) is 0 Å². The van der Waals surface area contributed by atoms with Crippen LogP contribution in [0.15, 0.2) is 30.3 Å². The van der Waals surface area contributed by atoms with E-state index < -0.39 is 10.7 Å². The lowest BCUT2D eigenvalue weighted by atomic mass is 10.2. The maximum atomic E-state index is 13.3. The molecule has 0 radical (unpaired) electrons. The smallest absolute Gasteiger partial charge is 0.272 e. The van der Waals surface area contributed by atoms with Gasteiger partial charge in [-0.3, -0.25) is 10.1 Å². The Morgan fingerprint density at radius 2 is 1.71 bits per heavy atom. The van der Waals surface area contributed by atoms with Gasteiger partial charge < -0.3 is 5.32 Å². The molecule has 0 amide bonds. The van der Waals surface area contributed by atoms with Crippen molar-refractivity contribution >= 4 is 46.2 Å². The molecule has 0 heterocycles. The molecule has 2 aromatic rings. The summed E-state index contributed by atoms with van der Waals surface area (Å²) in [5.74, 6) is -0.679. The van der Waals surface area contributed by atoms with Gasteiger partial charge in [0.05, 0.1) is 31.7 Å². The molecule has 8 heteroatoms. The normalized spacial score (nSPS) is 10.5. The number of anilines is 1. The summed E-state index contributed by atoms with van der Waals surface area (Å²) in [6.07, 6.45) is 0. The summed E-state index contributed by atoms with van der Waals surface area (Å²) < 4.78 is 13.3. The van der Waals surface area contributed by atoms with Crippen molar-refractivity contribution in [1.29, 1.82) is 0 Å². The highest BCUT2D eigenvalue weighted by Crippen LogP contribution is 2.32. The average molecular weight is 350 g/mol. The van der Waals surface area contributed by atoms with Crippen LogP contribution in [-0.4, -0.2) is 4.92 Å². The molecule has 0 aliphatic heterocycles. The van der Waals surface area contributed by atoms with E-state index in [4.69, 9.17) is 34.8 Å². The monoisotopic (exact) mass is 348 g/mol. The minimum absolute atomic E-state index is 0.149. The van der Waals surface area contributed by atoms with Crippen LogP contribution in [0.4, 0.5) is 15.8 Å². The number of nitro benzene ring substituents is 1. The first-order chi connectivity index (χ1) is 9.86. The molecule has 0 bridgehead atoms. The Morgan fingerprint density at radius 1 is 1.05 bits per heavy atom. The minimum Gasteiger partial charge on any atom is -0.380 e. The number of nitro groups is 1. The van der Waals surface area contributed by atoms with Crippen LogP contribution in [0.5, 0.6) is 0 Å². The van der Waals surface area contributed by atoms with Crippen molar-refractivity contribution < 1.29 is 9.31 Å². The van der Waals surface area contributed by atoms with Crippen molar-refractivity contribution in [2.75, 3.05) is 5.32 Å². The molecule has 2 aromatic carbocycles. The fraction of sp³-hybridized carbons (Fsp3) is 0.0769. The molecule has 0 unspecified atom stereocenters. The highest BCUT2D eigenvalue weighted by Gasteiger charge is 2.11. The molecule has 0 aliphatic carbocycles. The van der Waals surface area contributed by atoms with Crippen molar-refractivity contribution in [2.45, 2.75) is 6.54 Å². The zero-order valence-electron chi connectivity index (χ0n) is 10.4. The van der Waals surface area contributed by atoms with E-state index in [1.54, 1.807) is 0 Å². The molecule has 0 saturated heterocycles. The van der Waals surface area contributed by atoms with Crippen LogP contribution in [0.1, 0.15) is 5.56 Å². The Hall–Kier alpha value is -1.56. The van der Waals surface area contributed by atoms with Crippen LogP contribution < -0.4 is 5.32 Å². The molecule has 110 valence electrons. The maximum Gasteiger partial charge on any atom is 0.272 e. The fourth-order valence-electron chi connectivity index (χ4n) is 1.70. The molecular weight excluding hydrogens is 342 g/mol. The fourth-order valence-corrected chi connectivity index (χ4v) is 2.31. The number of halogens is 4. The predicted molar refractivity (Wildman–Crippen MR) is 81.9 cm³/mol. The van der Waals surface area contributed by atoms with Crippen molar-refractivity contribution in [3.05, 3.63) is 66.9 Å². The zero-order chi connectivity index (χ0) is 15.6. The van der Waals surface area contributed by atoms with Crippen LogP contribution in [0.25, 0.3) is 0 Å². The van der Waals surface area contributed by atoms with E-state index in [0.717, 1.165) is 6.07 Å². The number of rotatable bonds is 4. The van der Waals surface area contributed by atoms with E-state index >= 15 is 0 Å². The third-order valence-electron chi connectivity index (χ3n) is 2.65. The second-order valence-electron chi connectivity index (χ2n) is 4.17. The zero-order valence-corrected chi connectivity index (χ0v) is 12.6. The lowest BCUT2D eigenvalue weighted by molar-refractivity contribution is -0.385. The number of hydrogen-bond donors (Lipinski definition) is 1. The summed E-state index contributed by atoms with van der Waals surface area (Å²) in [6.45, 7) is 0.149. The number of nitrogens with zero attached hydrogens (tertiary/aromatic N) is 1. The summed E-state index contributed by atoms with van der Waals surface area (Å²) in [7, 11) is 0.